The van der Waals surface area contributed by atoms with Gasteiger partial charge in [0.25, 0.3) is 0 Å². The van der Waals surface area contributed by atoms with E-state index >= 15 is 0 Å². The fourth-order valence-corrected chi connectivity index (χ4v) is 4.29. The average molecular weight is 442 g/mol. The van der Waals surface area contributed by atoms with E-state index in [4.69, 9.17) is 9.72 Å². The third-order valence-corrected chi connectivity index (χ3v) is 5.90. The number of carbonyl (C=O) groups excluding carboxylic acids is 2. The van der Waals surface area contributed by atoms with Crippen LogP contribution < -0.4 is 11.0 Å². The summed E-state index contributed by atoms with van der Waals surface area (Å²) < 4.78 is 8.26. The molecule has 1 atom stereocenters. The highest BCUT2D eigenvalue weighted by Gasteiger charge is 2.26. The van der Waals surface area contributed by atoms with Gasteiger partial charge in [0.2, 0.25) is 5.91 Å². The van der Waals surface area contributed by atoms with Crippen LogP contribution in [0.4, 0.5) is 4.79 Å². The van der Waals surface area contributed by atoms with Gasteiger partial charge in [-0.25, -0.2) is 14.6 Å². The molecule has 0 radical (unpaired) electrons. The molecule has 1 aliphatic carbocycles. The van der Waals surface area contributed by atoms with Crippen molar-refractivity contribution >= 4 is 28.7 Å². The number of pyridine rings is 1. The Morgan fingerprint density at radius 3 is 2.69 bits per heavy atom. The SMILES string of the molecule is Cn1c(=O)n(CC(C)(C)C)c2ccc(C3=CCC(NC(=O)CN4CCOC4=O)CC3)nc21. The molecule has 1 aliphatic heterocycles. The largest absolute Gasteiger partial charge is 0.448 e. The summed E-state index contributed by atoms with van der Waals surface area (Å²) in [6.45, 7) is 7.78. The topological polar surface area (TPSA) is 98.5 Å². The first-order chi connectivity index (χ1) is 15.1. The highest BCUT2D eigenvalue weighted by atomic mass is 16.6. The second-order valence-electron chi connectivity index (χ2n) is 9.83. The van der Waals surface area contributed by atoms with E-state index in [-0.39, 0.29) is 29.6 Å². The zero-order valence-electron chi connectivity index (χ0n) is 19.2. The standard InChI is InChI=1S/C23H31N5O4/c1-23(2,3)14-28-18-10-9-17(25-20(18)26(4)21(28)30)15-5-7-16(8-6-15)24-19(29)13-27-11-12-32-22(27)31/h5,9-10,16H,6-8,11-14H2,1-4H3,(H,24,29). The molecule has 1 N–H and O–H groups in total. The molecule has 9 nitrogen and oxygen atoms in total. The van der Waals surface area contributed by atoms with E-state index < -0.39 is 6.09 Å². The zero-order chi connectivity index (χ0) is 23.0. The van der Waals surface area contributed by atoms with Crippen LogP contribution in [0.3, 0.4) is 0 Å². The number of cyclic esters (lactones) is 1. The number of aryl methyl sites for hydroxylation is 1. The summed E-state index contributed by atoms with van der Waals surface area (Å²) >= 11 is 0. The Labute approximate surface area is 187 Å². The zero-order valence-corrected chi connectivity index (χ0v) is 19.2. The van der Waals surface area contributed by atoms with Crippen molar-refractivity contribution in [2.45, 2.75) is 52.6 Å². The van der Waals surface area contributed by atoms with E-state index in [9.17, 15) is 14.4 Å². The Morgan fingerprint density at radius 2 is 2.06 bits per heavy atom. The quantitative estimate of drug-likeness (QED) is 0.768. The number of carbonyl (C=O) groups is 2. The molecule has 4 rings (SSSR count). The first-order valence-electron chi connectivity index (χ1n) is 11.1. The minimum atomic E-state index is -0.432. The molecule has 1 fully saturated rings. The third-order valence-electron chi connectivity index (χ3n) is 5.90. The Hall–Kier alpha value is -3.10. The Bertz CT molecular complexity index is 1140. The van der Waals surface area contributed by atoms with E-state index in [1.165, 1.54) is 4.90 Å². The van der Waals surface area contributed by atoms with Crippen LogP contribution in [-0.2, 0) is 23.1 Å². The molecule has 2 aromatic heterocycles. The predicted molar refractivity (Wildman–Crippen MR) is 121 cm³/mol. The third kappa shape index (κ3) is 4.56. The van der Waals surface area contributed by atoms with E-state index in [1.54, 1.807) is 16.2 Å². The Balaban J connectivity index is 1.45. The van der Waals surface area contributed by atoms with Gasteiger partial charge in [-0.3, -0.25) is 18.8 Å². The molecule has 9 heteroatoms. The molecule has 32 heavy (non-hydrogen) atoms. The second kappa shape index (κ2) is 8.44. The number of hydrogen-bond donors (Lipinski definition) is 1. The monoisotopic (exact) mass is 441 g/mol. The molecule has 0 aromatic carbocycles. The molecule has 0 spiro atoms. The summed E-state index contributed by atoms with van der Waals surface area (Å²) in [5.74, 6) is -0.166. The van der Waals surface area contributed by atoms with Crippen molar-refractivity contribution in [3.05, 3.63) is 34.4 Å². The van der Waals surface area contributed by atoms with Crippen LogP contribution >= 0.6 is 0 Å². The van der Waals surface area contributed by atoms with Gasteiger partial charge in [-0.05, 0) is 42.4 Å². The van der Waals surface area contributed by atoms with Gasteiger partial charge in [0.1, 0.15) is 13.2 Å². The summed E-state index contributed by atoms with van der Waals surface area (Å²) in [5, 5.41) is 3.01. The highest BCUT2D eigenvalue weighted by Crippen LogP contribution is 2.28. The fourth-order valence-electron chi connectivity index (χ4n) is 4.29. The first-order valence-corrected chi connectivity index (χ1v) is 11.1. The summed E-state index contributed by atoms with van der Waals surface area (Å²) in [4.78, 5) is 42.7. The lowest BCUT2D eigenvalue weighted by atomic mass is 9.93. The number of amides is 2. The minimum absolute atomic E-state index is 0.0167. The fraction of sp³-hybridized carbons (Fsp3) is 0.565. The number of aromatic nitrogens is 3. The number of hydrogen-bond acceptors (Lipinski definition) is 5. The van der Waals surface area contributed by atoms with Crippen LogP contribution in [0, 0.1) is 5.41 Å². The van der Waals surface area contributed by atoms with Crippen LogP contribution in [0.15, 0.2) is 23.0 Å². The molecular formula is C23H31N5O4. The van der Waals surface area contributed by atoms with Crippen molar-refractivity contribution in [1.29, 1.82) is 0 Å². The maximum atomic E-state index is 12.7. The van der Waals surface area contributed by atoms with Gasteiger partial charge >= 0.3 is 11.8 Å². The predicted octanol–water partition coefficient (Wildman–Crippen LogP) is 2.29. The highest BCUT2D eigenvalue weighted by molar-refractivity contribution is 5.83. The summed E-state index contributed by atoms with van der Waals surface area (Å²) in [5.41, 5.74) is 3.45. The lowest BCUT2D eigenvalue weighted by molar-refractivity contribution is -0.122. The van der Waals surface area contributed by atoms with Crippen molar-refractivity contribution in [2.75, 3.05) is 19.7 Å². The van der Waals surface area contributed by atoms with Crippen molar-refractivity contribution in [1.82, 2.24) is 24.3 Å². The molecule has 0 bridgehead atoms. The molecule has 3 heterocycles. The molecule has 2 amide bonds. The molecule has 0 saturated carbocycles. The Morgan fingerprint density at radius 1 is 1.28 bits per heavy atom. The summed E-state index contributed by atoms with van der Waals surface area (Å²) in [6, 6.07) is 3.99. The number of nitrogens with one attached hydrogen (secondary N) is 1. The van der Waals surface area contributed by atoms with Crippen LogP contribution in [0.1, 0.15) is 45.7 Å². The molecule has 2 aliphatic rings. The number of rotatable bonds is 5. The Kier molecular flexibility index (Phi) is 5.83. The first kappa shape index (κ1) is 22.1. The van der Waals surface area contributed by atoms with Crippen molar-refractivity contribution < 1.29 is 14.3 Å². The van der Waals surface area contributed by atoms with Gasteiger partial charge < -0.3 is 10.1 Å². The normalized spacial score (nSPS) is 19.2. The minimum Gasteiger partial charge on any atom is -0.448 e. The van der Waals surface area contributed by atoms with E-state index in [2.05, 4.69) is 32.2 Å². The van der Waals surface area contributed by atoms with Gasteiger partial charge in [0.15, 0.2) is 5.65 Å². The lowest BCUT2D eigenvalue weighted by Crippen LogP contribution is -2.42. The summed E-state index contributed by atoms with van der Waals surface area (Å²) in [6.07, 6.45) is 3.96. The molecule has 1 unspecified atom stereocenters. The second-order valence-corrected chi connectivity index (χ2v) is 9.83. The molecular weight excluding hydrogens is 410 g/mol. The van der Waals surface area contributed by atoms with Gasteiger partial charge in [0.05, 0.1) is 17.8 Å². The van der Waals surface area contributed by atoms with Gasteiger partial charge in [-0.2, -0.15) is 0 Å². The summed E-state index contributed by atoms with van der Waals surface area (Å²) in [7, 11) is 1.76. The van der Waals surface area contributed by atoms with Crippen LogP contribution in [0.2, 0.25) is 0 Å². The number of ether oxygens (including phenoxy) is 1. The van der Waals surface area contributed by atoms with E-state index in [0.717, 1.165) is 29.6 Å². The van der Waals surface area contributed by atoms with Gasteiger partial charge in [0, 0.05) is 19.6 Å². The van der Waals surface area contributed by atoms with Crippen molar-refractivity contribution in [2.24, 2.45) is 12.5 Å². The van der Waals surface area contributed by atoms with Gasteiger partial charge in [-0.15, -0.1) is 0 Å². The lowest BCUT2D eigenvalue weighted by Gasteiger charge is -2.24. The van der Waals surface area contributed by atoms with E-state index in [1.807, 2.05) is 12.1 Å². The number of imidazole rings is 1. The van der Waals surface area contributed by atoms with Crippen molar-refractivity contribution in [3.8, 4) is 0 Å². The number of fused-ring (bicyclic) bond motifs is 1. The molecule has 2 aromatic rings. The van der Waals surface area contributed by atoms with Crippen molar-refractivity contribution in [3.63, 3.8) is 0 Å². The number of allylic oxidation sites excluding steroid dienone is 1. The van der Waals surface area contributed by atoms with Crippen LogP contribution in [-0.4, -0.2) is 56.8 Å². The average Bonchev–Trinajstić information content (AvgIpc) is 3.23. The maximum absolute atomic E-state index is 12.7. The van der Waals surface area contributed by atoms with Crippen LogP contribution in [0.25, 0.3) is 16.7 Å². The smallest absolute Gasteiger partial charge is 0.410 e. The van der Waals surface area contributed by atoms with E-state index in [0.29, 0.717) is 31.8 Å². The number of nitrogens with zero attached hydrogens (tertiary/aromatic N) is 4. The van der Waals surface area contributed by atoms with Crippen LogP contribution in [0.5, 0.6) is 0 Å². The molecule has 172 valence electrons. The van der Waals surface area contributed by atoms with Gasteiger partial charge in [-0.1, -0.05) is 26.8 Å². The maximum Gasteiger partial charge on any atom is 0.410 e. The molecule has 1 saturated heterocycles.